The molecular weight excluding hydrogens is 415 g/mol. The van der Waals surface area contributed by atoms with E-state index in [4.69, 9.17) is 9.47 Å². The standard InChI is InChI=1S/C24H25FN2O3S/c1-29-21-6-2-4-18(12-21)15-26-8-10-27(11-9-26)24(28)23-13-19(17-31-23)16-30-22-7-3-5-20(25)14-22/h2-7,12-14,17H,8-11,15-16H2,1H3. The summed E-state index contributed by atoms with van der Waals surface area (Å²) in [6.07, 6.45) is 0. The third kappa shape index (κ3) is 5.62. The zero-order chi connectivity index (χ0) is 21.6. The molecule has 0 radical (unpaired) electrons. The maximum absolute atomic E-state index is 13.3. The highest BCUT2D eigenvalue weighted by atomic mass is 32.1. The molecule has 0 aliphatic carbocycles. The number of nitrogens with zero attached hydrogens (tertiary/aromatic N) is 2. The van der Waals surface area contributed by atoms with E-state index in [1.165, 1.54) is 29.0 Å². The van der Waals surface area contributed by atoms with Gasteiger partial charge in [0.2, 0.25) is 0 Å². The zero-order valence-electron chi connectivity index (χ0n) is 17.4. The lowest BCUT2D eigenvalue weighted by Crippen LogP contribution is -2.48. The lowest BCUT2D eigenvalue weighted by molar-refractivity contribution is 0.0633. The van der Waals surface area contributed by atoms with Gasteiger partial charge in [0.25, 0.3) is 5.91 Å². The zero-order valence-corrected chi connectivity index (χ0v) is 18.2. The topological polar surface area (TPSA) is 42.0 Å². The summed E-state index contributed by atoms with van der Waals surface area (Å²) in [6, 6.07) is 16.0. The van der Waals surface area contributed by atoms with Gasteiger partial charge >= 0.3 is 0 Å². The first-order valence-corrected chi connectivity index (χ1v) is 11.1. The highest BCUT2D eigenvalue weighted by molar-refractivity contribution is 7.12. The summed E-state index contributed by atoms with van der Waals surface area (Å²) in [5.41, 5.74) is 2.12. The van der Waals surface area contributed by atoms with Crippen LogP contribution in [0.2, 0.25) is 0 Å². The Morgan fingerprint density at radius 1 is 1.00 bits per heavy atom. The average Bonchev–Trinajstić information content (AvgIpc) is 3.27. The molecular formula is C24H25FN2O3S. The normalized spacial score (nSPS) is 14.5. The first kappa shape index (κ1) is 21.3. The summed E-state index contributed by atoms with van der Waals surface area (Å²) in [7, 11) is 1.67. The molecule has 3 aromatic rings. The number of halogens is 1. The number of methoxy groups -OCH3 is 1. The molecule has 1 saturated heterocycles. The summed E-state index contributed by atoms with van der Waals surface area (Å²) in [5, 5.41) is 1.92. The Hall–Kier alpha value is -2.90. The van der Waals surface area contributed by atoms with Crippen LogP contribution in [0.3, 0.4) is 0 Å². The predicted octanol–water partition coefficient (Wildman–Crippen LogP) is 4.43. The van der Waals surface area contributed by atoms with E-state index in [-0.39, 0.29) is 11.7 Å². The third-order valence-electron chi connectivity index (χ3n) is 5.27. The minimum Gasteiger partial charge on any atom is -0.497 e. The van der Waals surface area contributed by atoms with Crippen LogP contribution in [0.4, 0.5) is 4.39 Å². The van der Waals surface area contributed by atoms with Gasteiger partial charge < -0.3 is 14.4 Å². The number of carbonyl (C=O) groups excluding carboxylic acids is 1. The van der Waals surface area contributed by atoms with Gasteiger partial charge in [0.15, 0.2) is 0 Å². The van der Waals surface area contributed by atoms with Crippen LogP contribution in [0.1, 0.15) is 20.8 Å². The number of hydrogen-bond acceptors (Lipinski definition) is 5. The molecule has 0 saturated carbocycles. The number of benzene rings is 2. The molecule has 1 aliphatic heterocycles. The van der Waals surface area contributed by atoms with Crippen LogP contribution in [0.5, 0.6) is 11.5 Å². The number of piperazine rings is 1. The molecule has 1 aromatic heterocycles. The van der Waals surface area contributed by atoms with Gasteiger partial charge in [0.05, 0.1) is 12.0 Å². The predicted molar refractivity (Wildman–Crippen MR) is 119 cm³/mol. The second kappa shape index (κ2) is 9.94. The van der Waals surface area contributed by atoms with Crippen LogP contribution >= 0.6 is 11.3 Å². The van der Waals surface area contributed by atoms with Crippen molar-refractivity contribution in [3.63, 3.8) is 0 Å². The van der Waals surface area contributed by atoms with E-state index in [0.29, 0.717) is 30.3 Å². The molecule has 1 aliphatic rings. The Bertz CT molecular complexity index is 1030. The van der Waals surface area contributed by atoms with E-state index in [2.05, 4.69) is 17.0 Å². The Kier molecular flexibility index (Phi) is 6.84. The quantitative estimate of drug-likeness (QED) is 0.545. The van der Waals surface area contributed by atoms with Crippen molar-refractivity contribution in [2.75, 3.05) is 33.3 Å². The van der Waals surface area contributed by atoms with E-state index < -0.39 is 0 Å². The van der Waals surface area contributed by atoms with Gasteiger partial charge in [-0.15, -0.1) is 11.3 Å². The van der Waals surface area contributed by atoms with Crippen LogP contribution in [-0.4, -0.2) is 49.0 Å². The van der Waals surface area contributed by atoms with Gasteiger partial charge in [0.1, 0.15) is 23.9 Å². The first-order valence-electron chi connectivity index (χ1n) is 10.2. The molecule has 7 heteroatoms. The lowest BCUT2D eigenvalue weighted by atomic mass is 10.2. The van der Waals surface area contributed by atoms with Gasteiger partial charge in [-0.05, 0) is 41.3 Å². The van der Waals surface area contributed by atoms with E-state index in [1.807, 2.05) is 28.5 Å². The van der Waals surface area contributed by atoms with Crippen LogP contribution in [0.25, 0.3) is 0 Å². The van der Waals surface area contributed by atoms with Crippen molar-refractivity contribution in [3.8, 4) is 11.5 Å². The number of thiophene rings is 1. The minimum atomic E-state index is -0.329. The molecule has 1 amide bonds. The maximum atomic E-state index is 13.3. The Morgan fingerprint density at radius 3 is 2.55 bits per heavy atom. The lowest BCUT2D eigenvalue weighted by Gasteiger charge is -2.34. The van der Waals surface area contributed by atoms with Crippen LogP contribution in [-0.2, 0) is 13.2 Å². The fraction of sp³-hybridized carbons (Fsp3) is 0.292. The van der Waals surface area contributed by atoms with Gasteiger partial charge in [-0.2, -0.15) is 0 Å². The average molecular weight is 441 g/mol. The van der Waals surface area contributed by atoms with Crippen molar-refractivity contribution in [1.82, 2.24) is 9.80 Å². The Balaban J connectivity index is 1.27. The molecule has 31 heavy (non-hydrogen) atoms. The fourth-order valence-electron chi connectivity index (χ4n) is 3.58. The fourth-order valence-corrected chi connectivity index (χ4v) is 4.44. The second-order valence-electron chi connectivity index (χ2n) is 7.49. The van der Waals surface area contributed by atoms with Crippen LogP contribution < -0.4 is 9.47 Å². The summed E-state index contributed by atoms with van der Waals surface area (Å²) >= 11 is 1.42. The molecule has 1 fully saturated rings. The molecule has 0 unspecified atom stereocenters. The number of rotatable bonds is 7. The Labute approximate surface area is 185 Å². The summed E-state index contributed by atoms with van der Waals surface area (Å²) in [4.78, 5) is 17.9. The smallest absolute Gasteiger partial charge is 0.264 e. The molecule has 2 heterocycles. The summed E-state index contributed by atoms with van der Waals surface area (Å²) < 4.78 is 24.2. The summed E-state index contributed by atoms with van der Waals surface area (Å²) in [6.45, 7) is 4.24. The van der Waals surface area contributed by atoms with E-state index in [9.17, 15) is 9.18 Å². The van der Waals surface area contributed by atoms with Crippen molar-refractivity contribution in [2.45, 2.75) is 13.2 Å². The van der Waals surface area contributed by atoms with Crippen molar-refractivity contribution in [3.05, 3.63) is 81.8 Å². The molecule has 0 bridgehead atoms. The molecule has 4 rings (SSSR count). The largest absolute Gasteiger partial charge is 0.497 e. The second-order valence-corrected chi connectivity index (χ2v) is 8.40. The van der Waals surface area contributed by atoms with Gasteiger partial charge in [-0.3, -0.25) is 9.69 Å². The van der Waals surface area contributed by atoms with Crippen LogP contribution in [0, 0.1) is 5.82 Å². The van der Waals surface area contributed by atoms with E-state index >= 15 is 0 Å². The number of carbonyl (C=O) groups is 1. The highest BCUT2D eigenvalue weighted by Gasteiger charge is 2.23. The molecule has 162 valence electrons. The van der Waals surface area contributed by atoms with Gasteiger partial charge in [0, 0.05) is 44.4 Å². The molecule has 0 N–H and O–H groups in total. The van der Waals surface area contributed by atoms with Crippen molar-refractivity contribution >= 4 is 17.2 Å². The first-order chi connectivity index (χ1) is 15.1. The van der Waals surface area contributed by atoms with Crippen LogP contribution in [0.15, 0.2) is 60.0 Å². The SMILES string of the molecule is COc1cccc(CN2CCN(C(=O)c3cc(COc4cccc(F)c4)cs3)CC2)c1. The molecule has 5 nitrogen and oxygen atoms in total. The van der Waals surface area contributed by atoms with Crippen molar-refractivity contribution < 1.29 is 18.7 Å². The maximum Gasteiger partial charge on any atom is 0.264 e. The van der Waals surface area contributed by atoms with Gasteiger partial charge in [-0.25, -0.2) is 4.39 Å². The molecule has 0 atom stereocenters. The number of hydrogen-bond donors (Lipinski definition) is 0. The Morgan fingerprint density at radius 2 is 1.77 bits per heavy atom. The third-order valence-corrected chi connectivity index (χ3v) is 6.23. The summed E-state index contributed by atoms with van der Waals surface area (Å²) in [5.74, 6) is 1.07. The highest BCUT2D eigenvalue weighted by Crippen LogP contribution is 2.21. The van der Waals surface area contributed by atoms with Gasteiger partial charge in [-0.1, -0.05) is 18.2 Å². The minimum absolute atomic E-state index is 0.0584. The number of amides is 1. The van der Waals surface area contributed by atoms with Crippen molar-refractivity contribution in [1.29, 1.82) is 0 Å². The number of ether oxygens (including phenoxy) is 2. The van der Waals surface area contributed by atoms with Crippen molar-refractivity contribution in [2.24, 2.45) is 0 Å². The van der Waals surface area contributed by atoms with E-state index in [0.717, 1.165) is 30.9 Å². The van der Waals surface area contributed by atoms with E-state index in [1.54, 1.807) is 19.2 Å². The monoisotopic (exact) mass is 440 g/mol. The molecule has 2 aromatic carbocycles. The molecule has 0 spiro atoms.